The van der Waals surface area contributed by atoms with E-state index in [1.807, 2.05) is 60.8 Å². The highest BCUT2D eigenvalue weighted by atomic mass is 16.2. The van der Waals surface area contributed by atoms with Crippen molar-refractivity contribution in [3.63, 3.8) is 0 Å². The van der Waals surface area contributed by atoms with E-state index in [1.165, 1.54) is 35.9 Å². The maximum Gasteiger partial charge on any atom is 0.284 e. The summed E-state index contributed by atoms with van der Waals surface area (Å²) in [5.74, 6) is 0.606. The molecule has 0 radical (unpaired) electrons. The van der Waals surface area contributed by atoms with Crippen LogP contribution in [0.4, 0.5) is 11.5 Å². The Hall–Kier alpha value is -4.13. The zero-order valence-corrected chi connectivity index (χ0v) is 20.0. The van der Waals surface area contributed by atoms with Crippen molar-refractivity contribution in [1.82, 2.24) is 14.3 Å². The third kappa shape index (κ3) is 4.25. The molecule has 7 heteroatoms. The van der Waals surface area contributed by atoms with E-state index in [9.17, 15) is 9.59 Å². The first kappa shape index (κ1) is 22.7. The van der Waals surface area contributed by atoms with Gasteiger partial charge in [0.15, 0.2) is 0 Å². The third-order valence-corrected chi connectivity index (χ3v) is 7.00. The molecule has 1 aliphatic carbocycles. The maximum absolute atomic E-state index is 13.1. The third-order valence-electron chi connectivity index (χ3n) is 7.00. The van der Waals surface area contributed by atoms with E-state index in [1.54, 1.807) is 18.7 Å². The fourth-order valence-electron chi connectivity index (χ4n) is 4.96. The van der Waals surface area contributed by atoms with E-state index in [0.717, 1.165) is 11.1 Å². The molecular formula is C28H29N5O2. The van der Waals surface area contributed by atoms with Gasteiger partial charge in [0.1, 0.15) is 11.4 Å². The molecule has 1 amide bonds. The van der Waals surface area contributed by atoms with Gasteiger partial charge in [-0.15, -0.1) is 0 Å². The summed E-state index contributed by atoms with van der Waals surface area (Å²) in [6, 6.07) is 18.9. The summed E-state index contributed by atoms with van der Waals surface area (Å²) >= 11 is 0. The molecule has 2 aromatic carbocycles. The predicted octanol–water partition coefficient (Wildman–Crippen LogP) is 5.04. The summed E-state index contributed by atoms with van der Waals surface area (Å²) in [6.07, 6.45) is 6.81. The highest BCUT2D eigenvalue weighted by molar-refractivity contribution is 6.05. The minimum Gasteiger partial charge on any atom is -0.383 e. The first-order valence-electron chi connectivity index (χ1n) is 12.0. The molecule has 178 valence electrons. The van der Waals surface area contributed by atoms with Crippen LogP contribution in [0.1, 0.15) is 53.2 Å². The Labute approximate surface area is 204 Å². The fraction of sp³-hybridized carbons (Fsp3) is 0.250. The van der Waals surface area contributed by atoms with Crippen LogP contribution in [-0.4, -0.2) is 20.3 Å². The molecule has 1 aliphatic rings. The van der Waals surface area contributed by atoms with E-state index >= 15 is 0 Å². The molecule has 2 aromatic heterocycles. The number of nitrogens with one attached hydrogen (secondary N) is 1. The predicted molar refractivity (Wildman–Crippen MR) is 139 cm³/mol. The van der Waals surface area contributed by atoms with Gasteiger partial charge in [-0.1, -0.05) is 43.2 Å². The van der Waals surface area contributed by atoms with Crippen molar-refractivity contribution in [2.45, 2.75) is 38.5 Å². The first-order valence-corrected chi connectivity index (χ1v) is 12.0. The molecule has 5 rings (SSSR count). The number of aromatic nitrogens is 3. The van der Waals surface area contributed by atoms with Crippen LogP contribution in [0.15, 0.2) is 71.7 Å². The van der Waals surface area contributed by atoms with Gasteiger partial charge in [0, 0.05) is 24.5 Å². The zero-order valence-electron chi connectivity index (χ0n) is 20.0. The number of para-hydroxylation sites is 1. The summed E-state index contributed by atoms with van der Waals surface area (Å²) in [7, 11) is 1.77. The molecule has 1 fully saturated rings. The second-order valence-electron chi connectivity index (χ2n) is 9.15. The van der Waals surface area contributed by atoms with E-state index in [2.05, 4.69) is 16.4 Å². The quantitative estimate of drug-likeness (QED) is 0.430. The highest BCUT2D eigenvalue weighted by Crippen LogP contribution is 2.36. The van der Waals surface area contributed by atoms with Gasteiger partial charge < -0.3 is 11.1 Å². The summed E-state index contributed by atoms with van der Waals surface area (Å²) in [5, 5.41) is 2.87. The van der Waals surface area contributed by atoms with Crippen LogP contribution in [0.3, 0.4) is 0 Å². The van der Waals surface area contributed by atoms with E-state index in [4.69, 9.17) is 5.73 Å². The molecule has 0 atom stereocenters. The number of anilines is 2. The largest absolute Gasteiger partial charge is 0.383 e. The Bertz CT molecular complexity index is 1430. The molecule has 7 nitrogen and oxygen atoms in total. The van der Waals surface area contributed by atoms with Crippen LogP contribution in [0.2, 0.25) is 0 Å². The number of hydrogen-bond acceptors (Lipinski definition) is 4. The number of benzene rings is 2. The number of nitrogens with two attached hydrogens (primary N) is 1. The number of hydrogen-bond donors (Lipinski definition) is 2. The van der Waals surface area contributed by atoms with Crippen LogP contribution in [0, 0.1) is 6.92 Å². The van der Waals surface area contributed by atoms with Crippen molar-refractivity contribution in [3.05, 3.63) is 94.0 Å². The summed E-state index contributed by atoms with van der Waals surface area (Å²) < 4.78 is 3.20. The number of nitrogens with zero attached hydrogens (tertiary/aromatic N) is 3. The Kier molecular flexibility index (Phi) is 5.99. The minimum atomic E-state index is -0.435. The van der Waals surface area contributed by atoms with Crippen molar-refractivity contribution in [3.8, 4) is 16.8 Å². The summed E-state index contributed by atoms with van der Waals surface area (Å²) in [6.45, 7) is 1.77. The molecule has 1 saturated carbocycles. The minimum absolute atomic E-state index is 0.123. The SMILES string of the molecule is Cc1c(C(=O)Nc2ccc(-c3cc(C4CCCC4)cnc3N)cc2)c(=O)n(-c2ccccc2)n1C. The Morgan fingerprint density at radius 2 is 1.74 bits per heavy atom. The van der Waals surface area contributed by atoms with Gasteiger partial charge in [-0.2, -0.15) is 0 Å². The molecule has 3 N–H and O–H groups in total. The van der Waals surface area contributed by atoms with Crippen LogP contribution < -0.4 is 16.6 Å². The van der Waals surface area contributed by atoms with Crippen molar-refractivity contribution in [2.24, 2.45) is 7.05 Å². The lowest BCUT2D eigenvalue weighted by Crippen LogP contribution is -2.25. The number of rotatable bonds is 5. The number of nitrogen functional groups attached to an aromatic ring is 1. The van der Waals surface area contributed by atoms with Crippen LogP contribution >= 0.6 is 0 Å². The van der Waals surface area contributed by atoms with E-state index in [0.29, 0.717) is 28.8 Å². The van der Waals surface area contributed by atoms with Gasteiger partial charge in [-0.05, 0) is 67.1 Å². The van der Waals surface area contributed by atoms with Crippen molar-refractivity contribution in [2.75, 3.05) is 11.1 Å². The monoisotopic (exact) mass is 467 g/mol. The Balaban J connectivity index is 1.39. The molecule has 35 heavy (non-hydrogen) atoms. The lowest BCUT2D eigenvalue weighted by Gasteiger charge is -2.13. The zero-order chi connectivity index (χ0) is 24.5. The summed E-state index contributed by atoms with van der Waals surface area (Å²) in [4.78, 5) is 30.6. The topological polar surface area (TPSA) is 94.9 Å². The second-order valence-corrected chi connectivity index (χ2v) is 9.15. The van der Waals surface area contributed by atoms with Gasteiger partial charge in [0.2, 0.25) is 0 Å². The molecule has 2 heterocycles. The highest BCUT2D eigenvalue weighted by Gasteiger charge is 2.22. The molecule has 0 unspecified atom stereocenters. The number of pyridine rings is 1. The normalized spacial score (nSPS) is 13.8. The molecule has 0 spiro atoms. The Morgan fingerprint density at radius 3 is 2.43 bits per heavy atom. The van der Waals surface area contributed by atoms with Crippen LogP contribution in [-0.2, 0) is 7.05 Å². The van der Waals surface area contributed by atoms with Crippen LogP contribution in [0.25, 0.3) is 16.8 Å². The first-order chi connectivity index (χ1) is 16.9. The van der Waals surface area contributed by atoms with Crippen molar-refractivity contribution < 1.29 is 4.79 Å². The van der Waals surface area contributed by atoms with Gasteiger partial charge in [-0.3, -0.25) is 14.3 Å². The number of amides is 1. The average Bonchev–Trinajstić information content (AvgIpc) is 3.48. The molecule has 0 aliphatic heterocycles. The van der Waals surface area contributed by atoms with E-state index in [-0.39, 0.29) is 11.1 Å². The second kappa shape index (κ2) is 9.25. The molecular weight excluding hydrogens is 438 g/mol. The molecule has 0 bridgehead atoms. The lowest BCUT2D eigenvalue weighted by atomic mass is 9.96. The van der Waals surface area contributed by atoms with Crippen molar-refractivity contribution >= 4 is 17.4 Å². The fourth-order valence-corrected chi connectivity index (χ4v) is 4.96. The smallest absolute Gasteiger partial charge is 0.284 e. The van der Waals surface area contributed by atoms with E-state index < -0.39 is 5.91 Å². The van der Waals surface area contributed by atoms with Crippen LogP contribution in [0.5, 0.6) is 0 Å². The number of carbonyl (C=O) groups excluding carboxylic acids is 1. The standard InChI is InChI=1S/C28H29N5O2/c1-18-25(28(35)33(32(18)2)23-10-4-3-5-11-23)27(34)31-22-14-12-20(13-15-22)24-16-21(17-30-26(24)29)19-8-6-7-9-19/h3-5,10-17,19H,6-9H2,1-2H3,(H2,29,30)(H,31,34). The summed E-state index contributed by atoms with van der Waals surface area (Å²) in [5.41, 5.74) is 10.9. The maximum atomic E-state index is 13.1. The lowest BCUT2D eigenvalue weighted by molar-refractivity contribution is 0.102. The van der Waals surface area contributed by atoms with Gasteiger partial charge in [0.05, 0.1) is 11.4 Å². The average molecular weight is 468 g/mol. The Morgan fingerprint density at radius 1 is 1.06 bits per heavy atom. The van der Waals surface area contributed by atoms with Gasteiger partial charge in [-0.25, -0.2) is 9.67 Å². The van der Waals surface area contributed by atoms with Crippen molar-refractivity contribution in [1.29, 1.82) is 0 Å². The van der Waals surface area contributed by atoms with Gasteiger partial charge >= 0.3 is 0 Å². The molecule has 4 aromatic rings. The van der Waals surface area contributed by atoms with Gasteiger partial charge in [0.25, 0.3) is 11.5 Å². The number of carbonyl (C=O) groups is 1. The molecule has 0 saturated heterocycles.